The van der Waals surface area contributed by atoms with Crippen molar-refractivity contribution in [2.75, 3.05) is 23.8 Å². The van der Waals surface area contributed by atoms with Gasteiger partial charge >= 0.3 is 0 Å². The van der Waals surface area contributed by atoms with E-state index >= 15 is 0 Å². The maximum Gasteiger partial charge on any atom is 0.255 e. The Kier molecular flexibility index (Phi) is 6.39. The van der Waals surface area contributed by atoms with Gasteiger partial charge < -0.3 is 20.1 Å². The molecule has 0 aliphatic carbocycles. The zero-order chi connectivity index (χ0) is 18.2. The molecule has 132 valence electrons. The first-order valence-electron chi connectivity index (χ1n) is 8.12. The van der Waals surface area contributed by atoms with Crippen LogP contribution in [0.2, 0.25) is 0 Å². The number of nitrogens with one attached hydrogen (secondary N) is 2. The van der Waals surface area contributed by atoms with Gasteiger partial charge in [-0.3, -0.25) is 9.59 Å². The van der Waals surface area contributed by atoms with Crippen molar-refractivity contribution < 1.29 is 19.1 Å². The number of amides is 2. The van der Waals surface area contributed by atoms with Gasteiger partial charge in [0.2, 0.25) is 5.91 Å². The Morgan fingerprint density at radius 1 is 0.880 bits per heavy atom. The molecule has 0 radical (unpaired) electrons. The molecular weight excluding hydrogens is 320 g/mol. The van der Waals surface area contributed by atoms with E-state index < -0.39 is 0 Å². The molecule has 2 aromatic carbocycles. The maximum absolute atomic E-state index is 12.5. The molecule has 0 saturated heterocycles. The van der Waals surface area contributed by atoms with Crippen LogP contribution in [0.4, 0.5) is 11.4 Å². The van der Waals surface area contributed by atoms with E-state index in [-0.39, 0.29) is 11.8 Å². The van der Waals surface area contributed by atoms with Crippen molar-refractivity contribution >= 4 is 23.2 Å². The third-order valence-electron chi connectivity index (χ3n) is 3.25. The van der Waals surface area contributed by atoms with Crippen LogP contribution in [-0.2, 0) is 4.79 Å². The van der Waals surface area contributed by atoms with Crippen molar-refractivity contribution in [2.24, 2.45) is 0 Å². The maximum atomic E-state index is 12.5. The van der Waals surface area contributed by atoms with Crippen LogP contribution in [0.1, 0.15) is 31.1 Å². The molecule has 0 unspecified atom stereocenters. The Balaban J connectivity index is 2.17. The van der Waals surface area contributed by atoms with Gasteiger partial charge in [-0.1, -0.05) is 6.07 Å². The standard InChI is InChI=1S/C19H22N2O4/c1-4-24-17-10-9-14(11-18(17)25-5-2)19(23)21-16-8-6-7-15(12-16)20-13(3)22/h6-12H,4-5H2,1-3H3,(H,20,22)(H,21,23). The van der Waals surface area contributed by atoms with Crippen LogP contribution < -0.4 is 20.1 Å². The summed E-state index contributed by atoms with van der Waals surface area (Å²) >= 11 is 0. The molecule has 2 aromatic rings. The van der Waals surface area contributed by atoms with Crippen LogP contribution in [0, 0.1) is 0 Å². The van der Waals surface area contributed by atoms with E-state index in [1.54, 1.807) is 42.5 Å². The fourth-order valence-corrected chi connectivity index (χ4v) is 2.27. The summed E-state index contributed by atoms with van der Waals surface area (Å²) in [5.41, 5.74) is 1.66. The van der Waals surface area contributed by atoms with E-state index in [0.29, 0.717) is 41.7 Å². The summed E-state index contributed by atoms with van der Waals surface area (Å²) in [4.78, 5) is 23.6. The number of ether oxygens (including phenoxy) is 2. The number of anilines is 2. The number of benzene rings is 2. The number of carbonyl (C=O) groups excluding carboxylic acids is 2. The van der Waals surface area contributed by atoms with Gasteiger partial charge in [-0.05, 0) is 50.2 Å². The molecule has 6 heteroatoms. The third-order valence-corrected chi connectivity index (χ3v) is 3.25. The molecule has 2 amide bonds. The second-order valence-electron chi connectivity index (χ2n) is 5.24. The molecule has 0 saturated carbocycles. The molecule has 0 aliphatic heterocycles. The van der Waals surface area contributed by atoms with Crippen LogP contribution in [0.25, 0.3) is 0 Å². The Bertz CT molecular complexity index is 759. The topological polar surface area (TPSA) is 76.7 Å². The fraction of sp³-hybridized carbons (Fsp3) is 0.263. The Labute approximate surface area is 147 Å². The van der Waals surface area contributed by atoms with Gasteiger partial charge in [0.25, 0.3) is 5.91 Å². The normalized spacial score (nSPS) is 10.0. The highest BCUT2D eigenvalue weighted by molar-refractivity contribution is 6.05. The van der Waals surface area contributed by atoms with Crippen LogP contribution >= 0.6 is 0 Å². The van der Waals surface area contributed by atoms with Crippen molar-refractivity contribution in [2.45, 2.75) is 20.8 Å². The number of rotatable bonds is 7. The highest BCUT2D eigenvalue weighted by Gasteiger charge is 2.12. The molecule has 0 atom stereocenters. The van der Waals surface area contributed by atoms with Crippen molar-refractivity contribution in [1.29, 1.82) is 0 Å². The quantitative estimate of drug-likeness (QED) is 0.804. The fourth-order valence-electron chi connectivity index (χ4n) is 2.27. The molecule has 0 heterocycles. The Morgan fingerprint density at radius 2 is 1.52 bits per heavy atom. The summed E-state index contributed by atoms with van der Waals surface area (Å²) in [6.07, 6.45) is 0. The third kappa shape index (κ3) is 5.24. The molecule has 2 rings (SSSR count). The van der Waals surface area contributed by atoms with E-state index in [0.717, 1.165) is 0 Å². The van der Waals surface area contributed by atoms with Crippen LogP contribution in [0.15, 0.2) is 42.5 Å². The van der Waals surface area contributed by atoms with Crippen molar-refractivity contribution in [3.63, 3.8) is 0 Å². The first-order valence-corrected chi connectivity index (χ1v) is 8.12. The lowest BCUT2D eigenvalue weighted by atomic mass is 10.1. The minimum atomic E-state index is -0.274. The smallest absolute Gasteiger partial charge is 0.255 e. The molecule has 6 nitrogen and oxygen atoms in total. The molecule has 2 N–H and O–H groups in total. The van der Waals surface area contributed by atoms with Gasteiger partial charge in [-0.2, -0.15) is 0 Å². The summed E-state index contributed by atoms with van der Waals surface area (Å²) in [6.45, 7) is 6.18. The molecule has 0 spiro atoms. The van der Waals surface area contributed by atoms with Crippen molar-refractivity contribution in [3.05, 3.63) is 48.0 Å². The van der Waals surface area contributed by atoms with E-state index in [2.05, 4.69) is 10.6 Å². The second kappa shape index (κ2) is 8.73. The molecule has 0 bridgehead atoms. The monoisotopic (exact) mass is 342 g/mol. The predicted octanol–water partition coefficient (Wildman–Crippen LogP) is 3.69. The lowest BCUT2D eigenvalue weighted by molar-refractivity contribution is -0.114. The van der Waals surface area contributed by atoms with Gasteiger partial charge in [0.05, 0.1) is 13.2 Å². The first kappa shape index (κ1) is 18.3. The number of carbonyl (C=O) groups is 2. The largest absolute Gasteiger partial charge is 0.490 e. The van der Waals surface area contributed by atoms with Gasteiger partial charge in [0.1, 0.15) is 0 Å². The summed E-state index contributed by atoms with van der Waals surface area (Å²) in [5.74, 6) is 0.692. The molecular formula is C19H22N2O4. The van der Waals surface area contributed by atoms with E-state index in [4.69, 9.17) is 9.47 Å². The molecule has 0 aliphatic rings. The van der Waals surface area contributed by atoms with Gasteiger partial charge in [-0.25, -0.2) is 0 Å². The summed E-state index contributed by atoms with van der Waals surface area (Å²) in [5, 5.41) is 5.48. The summed E-state index contributed by atoms with van der Waals surface area (Å²) < 4.78 is 11.0. The number of hydrogen-bond acceptors (Lipinski definition) is 4. The minimum absolute atomic E-state index is 0.170. The Hall–Kier alpha value is -3.02. The predicted molar refractivity (Wildman–Crippen MR) is 97.5 cm³/mol. The van der Waals surface area contributed by atoms with Crippen LogP contribution in [0.3, 0.4) is 0 Å². The minimum Gasteiger partial charge on any atom is -0.490 e. The van der Waals surface area contributed by atoms with Crippen molar-refractivity contribution in [3.8, 4) is 11.5 Å². The summed E-state index contributed by atoms with van der Waals surface area (Å²) in [6, 6.07) is 12.0. The van der Waals surface area contributed by atoms with E-state index in [1.165, 1.54) is 6.92 Å². The highest BCUT2D eigenvalue weighted by atomic mass is 16.5. The molecule has 0 fully saturated rings. The average molecular weight is 342 g/mol. The second-order valence-corrected chi connectivity index (χ2v) is 5.24. The van der Waals surface area contributed by atoms with Gasteiger partial charge in [0.15, 0.2) is 11.5 Å². The lowest BCUT2D eigenvalue weighted by Gasteiger charge is -2.13. The van der Waals surface area contributed by atoms with Crippen molar-refractivity contribution in [1.82, 2.24) is 0 Å². The highest BCUT2D eigenvalue weighted by Crippen LogP contribution is 2.29. The van der Waals surface area contributed by atoms with Crippen LogP contribution in [-0.4, -0.2) is 25.0 Å². The van der Waals surface area contributed by atoms with E-state index in [1.807, 2.05) is 13.8 Å². The zero-order valence-electron chi connectivity index (χ0n) is 14.6. The average Bonchev–Trinajstić information content (AvgIpc) is 2.56. The van der Waals surface area contributed by atoms with E-state index in [9.17, 15) is 9.59 Å². The summed E-state index contributed by atoms with van der Waals surface area (Å²) in [7, 11) is 0. The first-order chi connectivity index (χ1) is 12.0. The SMILES string of the molecule is CCOc1ccc(C(=O)Nc2cccc(NC(C)=O)c2)cc1OCC. The molecule has 25 heavy (non-hydrogen) atoms. The zero-order valence-corrected chi connectivity index (χ0v) is 14.6. The lowest BCUT2D eigenvalue weighted by Crippen LogP contribution is -2.13. The Morgan fingerprint density at radius 3 is 2.16 bits per heavy atom. The van der Waals surface area contributed by atoms with Crippen LogP contribution in [0.5, 0.6) is 11.5 Å². The van der Waals surface area contributed by atoms with Gasteiger partial charge in [-0.15, -0.1) is 0 Å². The molecule has 0 aromatic heterocycles. The van der Waals surface area contributed by atoms with Gasteiger partial charge in [0, 0.05) is 23.9 Å². The number of hydrogen-bond donors (Lipinski definition) is 2.